The summed E-state index contributed by atoms with van der Waals surface area (Å²) in [5.74, 6) is 0.217. The molecule has 0 saturated carbocycles. The zero-order valence-electron chi connectivity index (χ0n) is 17.4. The minimum atomic E-state index is -0.348. The zero-order chi connectivity index (χ0) is 22.3. The molecule has 3 aromatic rings. The Morgan fingerprint density at radius 2 is 1.84 bits per heavy atom. The number of nitrogens with zero attached hydrogens (tertiary/aromatic N) is 1. The lowest BCUT2D eigenvalue weighted by molar-refractivity contribution is -0.125. The maximum absolute atomic E-state index is 12.6. The maximum Gasteiger partial charge on any atom is 0.291 e. The summed E-state index contributed by atoms with van der Waals surface area (Å²) >= 11 is 0. The average molecular weight is 433 g/mol. The molecule has 0 fully saturated rings. The summed E-state index contributed by atoms with van der Waals surface area (Å²) in [6.07, 6.45) is 1.64. The van der Waals surface area contributed by atoms with Crippen LogP contribution in [0.1, 0.15) is 29.0 Å². The Hall–Kier alpha value is -4.07. The van der Waals surface area contributed by atoms with E-state index in [0.29, 0.717) is 24.6 Å². The minimum Gasteiger partial charge on any atom is -0.490 e. The van der Waals surface area contributed by atoms with E-state index in [4.69, 9.17) is 9.15 Å². The molecular formula is C24H23N3O5. The van der Waals surface area contributed by atoms with Gasteiger partial charge in [0.1, 0.15) is 12.4 Å². The SMILES string of the molecule is O=C(CCC(=O)N1CCOc2ccccc21)NCc1cccc(NC(=O)c2ccco2)c1. The smallest absolute Gasteiger partial charge is 0.291 e. The van der Waals surface area contributed by atoms with Crippen molar-refractivity contribution in [1.82, 2.24) is 5.32 Å². The molecule has 3 amide bonds. The second-order valence-corrected chi connectivity index (χ2v) is 7.27. The van der Waals surface area contributed by atoms with Crippen molar-refractivity contribution in [2.45, 2.75) is 19.4 Å². The van der Waals surface area contributed by atoms with Crippen molar-refractivity contribution < 1.29 is 23.5 Å². The fraction of sp³-hybridized carbons (Fsp3) is 0.208. The molecule has 4 rings (SSSR count). The summed E-state index contributed by atoms with van der Waals surface area (Å²) in [6, 6.07) is 17.8. The Morgan fingerprint density at radius 3 is 2.69 bits per heavy atom. The molecule has 32 heavy (non-hydrogen) atoms. The molecule has 0 unspecified atom stereocenters. The first-order chi connectivity index (χ1) is 15.6. The van der Waals surface area contributed by atoms with Crippen LogP contribution in [0.3, 0.4) is 0 Å². The van der Waals surface area contributed by atoms with Crippen molar-refractivity contribution in [3.8, 4) is 5.75 Å². The number of carbonyl (C=O) groups is 3. The summed E-state index contributed by atoms with van der Waals surface area (Å²) in [4.78, 5) is 38.7. The van der Waals surface area contributed by atoms with Gasteiger partial charge in [0.2, 0.25) is 11.8 Å². The third-order valence-corrected chi connectivity index (χ3v) is 5.01. The van der Waals surface area contributed by atoms with Crippen LogP contribution in [-0.4, -0.2) is 30.9 Å². The maximum atomic E-state index is 12.6. The summed E-state index contributed by atoms with van der Waals surface area (Å²) < 4.78 is 10.6. The van der Waals surface area contributed by atoms with Gasteiger partial charge in [-0.05, 0) is 42.0 Å². The molecule has 1 aliphatic rings. The van der Waals surface area contributed by atoms with Crippen LogP contribution in [0.15, 0.2) is 71.3 Å². The molecule has 2 N–H and O–H groups in total. The summed E-state index contributed by atoms with van der Waals surface area (Å²) in [7, 11) is 0. The molecule has 8 heteroatoms. The van der Waals surface area contributed by atoms with Crippen LogP contribution in [-0.2, 0) is 16.1 Å². The number of para-hydroxylation sites is 2. The molecule has 164 valence electrons. The molecule has 0 radical (unpaired) electrons. The van der Waals surface area contributed by atoms with Crippen LogP contribution in [0.5, 0.6) is 5.75 Å². The third kappa shape index (κ3) is 5.15. The highest BCUT2D eigenvalue weighted by Gasteiger charge is 2.23. The van der Waals surface area contributed by atoms with Gasteiger partial charge in [0.15, 0.2) is 5.76 Å². The van der Waals surface area contributed by atoms with Crippen molar-refractivity contribution in [3.05, 3.63) is 78.3 Å². The number of hydrogen-bond acceptors (Lipinski definition) is 5. The number of furan rings is 1. The number of fused-ring (bicyclic) bond motifs is 1. The van der Waals surface area contributed by atoms with E-state index in [0.717, 1.165) is 11.3 Å². The van der Waals surface area contributed by atoms with Crippen molar-refractivity contribution >= 4 is 29.1 Å². The van der Waals surface area contributed by atoms with Gasteiger partial charge < -0.3 is 24.7 Å². The largest absolute Gasteiger partial charge is 0.490 e. The van der Waals surface area contributed by atoms with E-state index in [9.17, 15) is 14.4 Å². The highest BCUT2D eigenvalue weighted by atomic mass is 16.5. The molecule has 1 aliphatic heterocycles. The fourth-order valence-corrected chi connectivity index (χ4v) is 3.43. The summed E-state index contributed by atoms with van der Waals surface area (Å²) in [5.41, 5.74) is 2.15. The van der Waals surface area contributed by atoms with E-state index in [1.165, 1.54) is 6.26 Å². The number of nitrogens with one attached hydrogen (secondary N) is 2. The number of carbonyl (C=O) groups excluding carboxylic acids is 3. The van der Waals surface area contributed by atoms with E-state index < -0.39 is 0 Å². The zero-order valence-corrected chi connectivity index (χ0v) is 17.4. The molecular weight excluding hydrogens is 410 g/mol. The minimum absolute atomic E-state index is 0.0906. The number of ether oxygens (including phenoxy) is 1. The van der Waals surface area contributed by atoms with Crippen LogP contribution in [0, 0.1) is 0 Å². The van der Waals surface area contributed by atoms with E-state index in [1.807, 2.05) is 30.3 Å². The number of benzene rings is 2. The van der Waals surface area contributed by atoms with Crippen LogP contribution >= 0.6 is 0 Å². The number of anilines is 2. The van der Waals surface area contributed by atoms with Gasteiger partial charge in [-0.2, -0.15) is 0 Å². The molecule has 1 aromatic heterocycles. The first-order valence-corrected chi connectivity index (χ1v) is 10.3. The first-order valence-electron chi connectivity index (χ1n) is 10.3. The summed E-state index contributed by atoms with van der Waals surface area (Å²) in [5, 5.41) is 5.57. The predicted molar refractivity (Wildman–Crippen MR) is 118 cm³/mol. The van der Waals surface area contributed by atoms with E-state index >= 15 is 0 Å². The van der Waals surface area contributed by atoms with Crippen molar-refractivity contribution in [1.29, 1.82) is 0 Å². The van der Waals surface area contributed by atoms with Gasteiger partial charge in [-0.25, -0.2) is 0 Å². The van der Waals surface area contributed by atoms with E-state index in [1.54, 1.807) is 35.2 Å². The van der Waals surface area contributed by atoms with Gasteiger partial charge in [0, 0.05) is 25.1 Å². The lowest BCUT2D eigenvalue weighted by Crippen LogP contribution is -2.38. The van der Waals surface area contributed by atoms with Crippen LogP contribution in [0.25, 0.3) is 0 Å². The van der Waals surface area contributed by atoms with Crippen LogP contribution in [0.4, 0.5) is 11.4 Å². The van der Waals surface area contributed by atoms with Crippen molar-refractivity contribution in [2.75, 3.05) is 23.4 Å². The van der Waals surface area contributed by atoms with Crippen molar-refractivity contribution in [2.24, 2.45) is 0 Å². The Bertz CT molecular complexity index is 1110. The second-order valence-electron chi connectivity index (χ2n) is 7.27. The Morgan fingerprint density at radius 1 is 0.969 bits per heavy atom. The molecule has 0 saturated heterocycles. The normalized spacial score (nSPS) is 12.4. The number of hydrogen-bond donors (Lipinski definition) is 2. The molecule has 2 heterocycles. The third-order valence-electron chi connectivity index (χ3n) is 5.01. The van der Waals surface area contributed by atoms with Gasteiger partial charge in [-0.3, -0.25) is 14.4 Å². The average Bonchev–Trinajstić information content (AvgIpc) is 3.36. The second kappa shape index (κ2) is 9.82. The molecule has 0 aliphatic carbocycles. The molecule has 2 aromatic carbocycles. The van der Waals surface area contributed by atoms with E-state index in [2.05, 4.69) is 10.6 Å². The quantitative estimate of drug-likeness (QED) is 0.595. The van der Waals surface area contributed by atoms with Crippen LogP contribution < -0.4 is 20.3 Å². The van der Waals surface area contributed by atoms with Crippen LogP contribution in [0.2, 0.25) is 0 Å². The monoisotopic (exact) mass is 433 g/mol. The van der Waals surface area contributed by atoms with Gasteiger partial charge in [0.05, 0.1) is 18.5 Å². The number of rotatable bonds is 7. The molecule has 0 bridgehead atoms. The van der Waals surface area contributed by atoms with Gasteiger partial charge in [-0.1, -0.05) is 24.3 Å². The highest BCUT2D eigenvalue weighted by molar-refractivity contribution is 6.02. The molecule has 0 atom stereocenters. The predicted octanol–water partition coefficient (Wildman–Crippen LogP) is 3.35. The van der Waals surface area contributed by atoms with Crippen molar-refractivity contribution in [3.63, 3.8) is 0 Å². The van der Waals surface area contributed by atoms with Gasteiger partial charge in [-0.15, -0.1) is 0 Å². The van der Waals surface area contributed by atoms with Gasteiger partial charge >= 0.3 is 0 Å². The molecule has 8 nitrogen and oxygen atoms in total. The summed E-state index contributed by atoms with van der Waals surface area (Å²) in [6.45, 7) is 1.19. The lowest BCUT2D eigenvalue weighted by Gasteiger charge is -2.29. The standard InChI is InChI=1S/C24H23N3O5/c28-22(10-11-23(29)27-12-14-32-20-8-2-1-7-19(20)27)25-16-17-5-3-6-18(15-17)26-24(30)21-9-4-13-31-21/h1-9,13,15H,10-12,14,16H2,(H,25,28)(H,26,30). The Balaban J connectivity index is 1.26. The lowest BCUT2D eigenvalue weighted by atomic mass is 10.1. The molecule has 0 spiro atoms. The van der Waals surface area contributed by atoms with E-state index in [-0.39, 0.29) is 42.9 Å². The van der Waals surface area contributed by atoms with Gasteiger partial charge in [0.25, 0.3) is 5.91 Å². The Kier molecular flexibility index (Phi) is 6.50. The fourth-order valence-electron chi connectivity index (χ4n) is 3.43. The highest BCUT2D eigenvalue weighted by Crippen LogP contribution is 2.31. The number of amides is 3. The topological polar surface area (TPSA) is 101 Å². The Labute approximate surface area is 185 Å². The first kappa shape index (κ1) is 21.2.